The van der Waals surface area contributed by atoms with E-state index in [2.05, 4.69) is 31.4 Å². The summed E-state index contributed by atoms with van der Waals surface area (Å²) in [4.78, 5) is 31.8. The van der Waals surface area contributed by atoms with Gasteiger partial charge in [-0.25, -0.2) is 10.4 Å². The van der Waals surface area contributed by atoms with E-state index in [-0.39, 0.29) is 12.1 Å². The Hall–Kier alpha value is -2.72. The number of benzene rings is 1. The van der Waals surface area contributed by atoms with E-state index in [9.17, 15) is 9.59 Å². The minimum absolute atomic E-state index is 0.153. The summed E-state index contributed by atoms with van der Waals surface area (Å²) in [5, 5.41) is 4.67. The van der Waals surface area contributed by atoms with E-state index < -0.39 is 5.91 Å². The molecule has 1 aliphatic carbocycles. The van der Waals surface area contributed by atoms with E-state index in [4.69, 9.17) is 9.47 Å². The highest BCUT2D eigenvalue weighted by atomic mass is 79.9. The Morgan fingerprint density at radius 3 is 2.97 bits per heavy atom. The van der Waals surface area contributed by atoms with Crippen LogP contribution in [0.5, 0.6) is 11.5 Å². The number of ether oxygens (including phenoxy) is 2. The molecule has 0 saturated heterocycles. The first kappa shape index (κ1) is 22.5. The molecule has 4 rings (SSSR count). The van der Waals surface area contributed by atoms with Crippen LogP contribution in [0.4, 0.5) is 0 Å². The quantitative estimate of drug-likeness (QED) is 0.380. The number of nitrogens with one attached hydrogen (secondary N) is 1. The number of hydrogen-bond acceptors (Lipinski definition) is 7. The monoisotopic (exact) mass is 518 g/mol. The van der Waals surface area contributed by atoms with Crippen molar-refractivity contribution < 1.29 is 14.3 Å². The van der Waals surface area contributed by atoms with Crippen molar-refractivity contribution in [1.82, 2.24) is 15.0 Å². The van der Waals surface area contributed by atoms with Crippen LogP contribution in [0.2, 0.25) is 0 Å². The number of aromatic nitrogens is 2. The third-order valence-electron chi connectivity index (χ3n) is 5.20. The molecule has 0 fully saturated rings. The molecular weight excluding hydrogens is 496 g/mol. The van der Waals surface area contributed by atoms with Crippen LogP contribution in [0, 0.1) is 0 Å². The summed E-state index contributed by atoms with van der Waals surface area (Å²) in [6.45, 7) is 2.25. The molecule has 1 amide bonds. The number of rotatable bonds is 7. The number of hydrogen-bond donors (Lipinski definition) is 1. The normalized spacial score (nSPS) is 13.3. The fourth-order valence-electron chi connectivity index (χ4n) is 3.76. The Morgan fingerprint density at radius 2 is 2.19 bits per heavy atom. The fourth-order valence-corrected chi connectivity index (χ4v) is 5.56. The first-order valence-corrected chi connectivity index (χ1v) is 11.9. The summed E-state index contributed by atoms with van der Waals surface area (Å²) >= 11 is 5.05. The summed E-state index contributed by atoms with van der Waals surface area (Å²) in [6.07, 6.45) is 7.05. The second-order valence-electron chi connectivity index (χ2n) is 7.33. The molecule has 1 aromatic carbocycles. The van der Waals surface area contributed by atoms with Crippen molar-refractivity contribution in [2.45, 2.75) is 39.2 Å². The summed E-state index contributed by atoms with van der Waals surface area (Å²) in [6, 6.07) is 3.57. The maximum atomic E-state index is 13.0. The minimum Gasteiger partial charge on any atom is -0.493 e. The van der Waals surface area contributed by atoms with Gasteiger partial charge in [-0.05, 0) is 71.8 Å². The number of aryl methyl sites for hydroxylation is 2. The second kappa shape index (κ2) is 9.83. The number of methoxy groups -OCH3 is 1. The lowest BCUT2D eigenvalue weighted by atomic mass is 9.97. The zero-order valence-electron chi connectivity index (χ0n) is 17.8. The molecule has 2 heterocycles. The summed E-state index contributed by atoms with van der Waals surface area (Å²) < 4.78 is 13.0. The maximum Gasteiger partial charge on any atom is 0.262 e. The third kappa shape index (κ3) is 4.56. The van der Waals surface area contributed by atoms with E-state index >= 15 is 0 Å². The standard InChI is InChI=1S/C22H23BrN4O4S/c1-3-31-20-15(23)8-13(9-16(20)30-2)10-25-26-18(28)11-27-12-24-21-19(22(27)29)14-6-4-5-7-17(14)32-21/h8-10,12H,3-7,11H2,1-2H3,(H,26,28)/b25-10-. The number of thiophene rings is 1. The molecule has 10 heteroatoms. The van der Waals surface area contributed by atoms with Crippen LogP contribution in [0.1, 0.15) is 35.8 Å². The Morgan fingerprint density at radius 1 is 1.38 bits per heavy atom. The number of nitrogens with zero attached hydrogens (tertiary/aromatic N) is 3. The van der Waals surface area contributed by atoms with Crippen LogP contribution in [-0.2, 0) is 24.2 Å². The predicted octanol–water partition coefficient (Wildman–Crippen LogP) is 3.66. The lowest BCUT2D eigenvalue weighted by Crippen LogP contribution is -2.30. The number of halogens is 1. The molecule has 0 aliphatic heterocycles. The summed E-state index contributed by atoms with van der Waals surface area (Å²) in [5.74, 6) is 0.749. The zero-order chi connectivity index (χ0) is 22.7. The molecule has 32 heavy (non-hydrogen) atoms. The van der Waals surface area contributed by atoms with Gasteiger partial charge in [0.1, 0.15) is 11.4 Å². The number of carbonyl (C=O) groups excluding carboxylic acids is 1. The Bertz CT molecular complexity index is 1250. The van der Waals surface area contributed by atoms with Crippen LogP contribution in [0.25, 0.3) is 10.2 Å². The van der Waals surface area contributed by atoms with Gasteiger partial charge in [0.25, 0.3) is 11.5 Å². The molecular formula is C22H23BrN4O4S. The van der Waals surface area contributed by atoms with Crippen molar-refractivity contribution in [3.05, 3.63) is 49.3 Å². The van der Waals surface area contributed by atoms with Crippen molar-refractivity contribution in [3.63, 3.8) is 0 Å². The van der Waals surface area contributed by atoms with Crippen LogP contribution in [-0.4, -0.2) is 35.4 Å². The molecule has 1 N–H and O–H groups in total. The van der Waals surface area contributed by atoms with Gasteiger partial charge in [-0.15, -0.1) is 11.3 Å². The molecule has 0 bridgehead atoms. The highest BCUT2D eigenvalue weighted by molar-refractivity contribution is 9.10. The maximum absolute atomic E-state index is 13.0. The first-order valence-electron chi connectivity index (χ1n) is 10.3. The van der Waals surface area contributed by atoms with Gasteiger partial charge in [0, 0.05) is 4.88 Å². The van der Waals surface area contributed by atoms with Crippen LogP contribution < -0.4 is 20.5 Å². The van der Waals surface area contributed by atoms with E-state index in [0.717, 1.165) is 40.5 Å². The third-order valence-corrected chi connectivity index (χ3v) is 6.99. The molecule has 8 nitrogen and oxygen atoms in total. The summed E-state index contributed by atoms with van der Waals surface area (Å²) in [7, 11) is 1.56. The van der Waals surface area contributed by atoms with Crippen LogP contribution >= 0.6 is 27.3 Å². The lowest BCUT2D eigenvalue weighted by Gasteiger charge is -2.12. The number of carbonyl (C=O) groups is 1. The second-order valence-corrected chi connectivity index (χ2v) is 9.27. The molecule has 3 aromatic rings. The molecule has 0 unspecified atom stereocenters. The van der Waals surface area contributed by atoms with E-state index in [1.54, 1.807) is 24.5 Å². The molecule has 1 aliphatic rings. The topological polar surface area (TPSA) is 94.8 Å². The first-order chi connectivity index (χ1) is 15.5. The lowest BCUT2D eigenvalue weighted by molar-refractivity contribution is -0.121. The molecule has 0 atom stereocenters. The fraction of sp³-hybridized carbons (Fsp3) is 0.364. The van der Waals surface area contributed by atoms with Crippen LogP contribution in [0.3, 0.4) is 0 Å². The largest absolute Gasteiger partial charge is 0.493 e. The van der Waals surface area contributed by atoms with Gasteiger partial charge in [-0.2, -0.15) is 5.10 Å². The van der Waals surface area contributed by atoms with Crippen molar-refractivity contribution in [2.75, 3.05) is 13.7 Å². The average Bonchev–Trinajstić information content (AvgIpc) is 3.16. The van der Waals surface area contributed by atoms with Crippen molar-refractivity contribution in [2.24, 2.45) is 5.10 Å². The van der Waals surface area contributed by atoms with Gasteiger partial charge in [0.15, 0.2) is 11.5 Å². The highest BCUT2D eigenvalue weighted by Crippen LogP contribution is 2.36. The molecule has 2 aromatic heterocycles. The highest BCUT2D eigenvalue weighted by Gasteiger charge is 2.20. The van der Waals surface area contributed by atoms with E-state index in [0.29, 0.717) is 29.1 Å². The van der Waals surface area contributed by atoms with Gasteiger partial charge >= 0.3 is 0 Å². The smallest absolute Gasteiger partial charge is 0.262 e. The van der Waals surface area contributed by atoms with Crippen molar-refractivity contribution in [1.29, 1.82) is 0 Å². The number of fused-ring (bicyclic) bond motifs is 3. The Balaban J connectivity index is 1.47. The average molecular weight is 519 g/mol. The van der Waals surface area contributed by atoms with Gasteiger partial charge < -0.3 is 9.47 Å². The predicted molar refractivity (Wildman–Crippen MR) is 128 cm³/mol. The van der Waals surface area contributed by atoms with Crippen LogP contribution in [0.15, 0.2) is 32.8 Å². The molecule has 0 spiro atoms. The van der Waals surface area contributed by atoms with Gasteiger partial charge in [-0.1, -0.05) is 0 Å². The molecule has 0 saturated carbocycles. The number of amides is 1. The summed E-state index contributed by atoms with van der Waals surface area (Å²) in [5.41, 5.74) is 4.11. The molecule has 0 radical (unpaired) electrons. The van der Waals surface area contributed by atoms with Crippen molar-refractivity contribution in [3.8, 4) is 11.5 Å². The number of hydrazone groups is 1. The Kier molecular flexibility index (Phi) is 6.90. The minimum atomic E-state index is -0.412. The Labute approximate surface area is 197 Å². The zero-order valence-corrected chi connectivity index (χ0v) is 20.2. The van der Waals surface area contributed by atoms with E-state index in [1.807, 2.05) is 13.0 Å². The van der Waals surface area contributed by atoms with Gasteiger partial charge in [0.2, 0.25) is 0 Å². The van der Waals surface area contributed by atoms with Gasteiger partial charge in [0.05, 0.1) is 36.1 Å². The van der Waals surface area contributed by atoms with Gasteiger partial charge in [-0.3, -0.25) is 14.2 Å². The molecule has 168 valence electrons. The van der Waals surface area contributed by atoms with E-state index in [1.165, 1.54) is 22.0 Å². The van der Waals surface area contributed by atoms with Crippen molar-refractivity contribution >= 4 is 49.6 Å². The SMILES string of the molecule is CCOc1c(Br)cc(/C=N\NC(=O)Cn2cnc3sc4c(c3c2=O)CCCC4)cc1OC.